The number of carboxylic acids is 2. The van der Waals surface area contributed by atoms with E-state index in [1.165, 1.54) is 26.3 Å². The SMILES string of the molecule is CC(C#N)OC(=O)c1c(C(=O)O)cc(C(=O)O)cc1C1(C)N=CC=N1. The number of nitrogens with zero attached hydrogens (tertiary/aromatic N) is 3. The molecule has 0 amide bonds. The number of rotatable bonds is 5. The topological polar surface area (TPSA) is 149 Å². The molecule has 0 saturated heterocycles. The third kappa shape index (κ3) is 3.37. The maximum atomic E-state index is 12.5. The fourth-order valence-electron chi connectivity index (χ4n) is 2.30. The Labute approximate surface area is 141 Å². The molecule has 2 N–H and O–H groups in total. The summed E-state index contributed by atoms with van der Waals surface area (Å²) in [5.74, 6) is -3.96. The molecule has 0 radical (unpaired) electrons. The van der Waals surface area contributed by atoms with Crippen LogP contribution in [-0.4, -0.2) is 46.7 Å². The third-order valence-corrected chi connectivity index (χ3v) is 3.51. The molecule has 2 rings (SSSR count). The summed E-state index contributed by atoms with van der Waals surface area (Å²) in [6.45, 7) is 2.81. The second-order valence-corrected chi connectivity index (χ2v) is 5.31. The monoisotopic (exact) mass is 343 g/mol. The zero-order chi connectivity index (χ0) is 18.8. The van der Waals surface area contributed by atoms with Crippen molar-refractivity contribution in [1.29, 1.82) is 5.26 Å². The maximum Gasteiger partial charge on any atom is 0.340 e. The van der Waals surface area contributed by atoms with Gasteiger partial charge in [-0.2, -0.15) is 5.26 Å². The number of aromatic carboxylic acids is 2. The number of hydrogen-bond acceptors (Lipinski definition) is 7. The number of carbonyl (C=O) groups excluding carboxylic acids is 1. The zero-order valence-corrected chi connectivity index (χ0v) is 13.3. The van der Waals surface area contributed by atoms with Gasteiger partial charge < -0.3 is 14.9 Å². The molecule has 0 aromatic heterocycles. The Kier molecular flexibility index (Phi) is 4.65. The molecule has 9 nitrogen and oxygen atoms in total. The van der Waals surface area contributed by atoms with Gasteiger partial charge in [-0.05, 0) is 26.0 Å². The highest BCUT2D eigenvalue weighted by Gasteiger charge is 2.36. The quantitative estimate of drug-likeness (QED) is 0.769. The third-order valence-electron chi connectivity index (χ3n) is 3.51. The summed E-state index contributed by atoms with van der Waals surface area (Å²) >= 11 is 0. The van der Waals surface area contributed by atoms with Crippen LogP contribution in [0.5, 0.6) is 0 Å². The van der Waals surface area contributed by atoms with Crippen molar-refractivity contribution in [2.75, 3.05) is 0 Å². The van der Waals surface area contributed by atoms with Gasteiger partial charge in [0.05, 0.1) is 16.7 Å². The van der Waals surface area contributed by atoms with Gasteiger partial charge in [-0.15, -0.1) is 0 Å². The lowest BCUT2D eigenvalue weighted by Gasteiger charge is -2.23. The fraction of sp³-hybridized carbons (Fsp3) is 0.250. The second kappa shape index (κ2) is 6.52. The maximum absolute atomic E-state index is 12.5. The first-order valence-corrected chi connectivity index (χ1v) is 7.04. The van der Waals surface area contributed by atoms with Crippen LogP contribution in [0.4, 0.5) is 0 Å². The van der Waals surface area contributed by atoms with Crippen LogP contribution < -0.4 is 0 Å². The fourth-order valence-corrected chi connectivity index (χ4v) is 2.30. The lowest BCUT2D eigenvalue weighted by atomic mass is 9.90. The first kappa shape index (κ1) is 17.8. The van der Waals surface area contributed by atoms with Crippen molar-refractivity contribution >= 4 is 30.3 Å². The number of carboxylic acid groups (broad SMARTS) is 2. The molecule has 9 heteroatoms. The van der Waals surface area contributed by atoms with Crippen molar-refractivity contribution in [2.24, 2.45) is 9.98 Å². The Morgan fingerprint density at radius 2 is 1.80 bits per heavy atom. The average Bonchev–Trinajstić information content (AvgIpc) is 3.01. The van der Waals surface area contributed by atoms with Crippen LogP contribution in [-0.2, 0) is 10.4 Å². The summed E-state index contributed by atoms with van der Waals surface area (Å²) in [6.07, 6.45) is 1.58. The van der Waals surface area contributed by atoms with Crippen molar-refractivity contribution in [2.45, 2.75) is 25.6 Å². The minimum atomic E-state index is -1.52. The number of ether oxygens (including phenoxy) is 1. The van der Waals surface area contributed by atoms with E-state index in [4.69, 9.17) is 10.00 Å². The van der Waals surface area contributed by atoms with E-state index in [1.54, 1.807) is 6.07 Å². The van der Waals surface area contributed by atoms with Crippen molar-refractivity contribution in [3.05, 3.63) is 34.4 Å². The molecule has 0 bridgehead atoms. The number of benzene rings is 1. The van der Waals surface area contributed by atoms with Gasteiger partial charge in [-0.3, -0.25) is 9.98 Å². The summed E-state index contributed by atoms with van der Waals surface area (Å²) in [6, 6.07) is 3.68. The van der Waals surface area contributed by atoms with Crippen molar-refractivity contribution in [1.82, 2.24) is 0 Å². The lowest BCUT2D eigenvalue weighted by Crippen LogP contribution is -2.25. The standard InChI is InChI=1S/C16H13N3O6/c1-8(7-17)25-15(24)12-10(14(22)23)5-9(13(20)21)6-11(12)16(2)18-3-4-19-16/h3-6,8H,1-2H3,(H,20,21)(H,22,23). The molecule has 1 aliphatic heterocycles. The van der Waals surface area contributed by atoms with Gasteiger partial charge >= 0.3 is 17.9 Å². The molecule has 1 atom stereocenters. The molecule has 0 saturated carbocycles. The van der Waals surface area contributed by atoms with E-state index < -0.39 is 40.8 Å². The van der Waals surface area contributed by atoms with Crippen LogP contribution in [0.1, 0.15) is 50.5 Å². The molecule has 0 spiro atoms. The Morgan fingerprint density at radius 1 is 1.20 bits per heavy atom. The Morgan fingerprint density at radius 3 is 2.28 bits per heavy atom. The van der Waals surface area contributed by atoms with E-state index >= 15 is 0 Å². The second-order valence-electron chi connectivity index (χ2n) is 5.31. The first-order valence-electron chi connectivity index (χ1n) is 7.04. The largest absolute Gasteiger partial charge is 0.478 e. The normalized spacial score (nSPS) is 15.4. The van der Waals surface area contributed by atoms with Gasteiger partial charge in [0.2, 0.25) is 0 Å². The van der Waals surface area contributed by atoms with E-state index in [0.29, 0.717) is 0 Å². The average molecular weight is 343 g/mol. The van der Waals surface area contributed by atoms with Crippen LogP contribution in [0.2, 0.25) is 0 Å². The molecular formula is C16H13N3O6. The van der Waals surface area contributed by atoms with Crippen LogP contribution in [0, 0.1) is 11.3 Å². The Balaban J connectivity index is 2.78. The summed E-state index contributed by atoms with van der Waals surface area (Å²) in [5.41, 5.74) is -2.71. The Bertz CT molecular complexity index is 853. The number of nitriles is 1. The molecule has 1 aromatic carbocycles. The first-order chi connectivity index (χ1) is 11.7. The number of esters is 1. The molecule has 0 aliphatic carbocycles. The molecule has 1 aliphatic rings. The smallest absolute Gasteiger partial charge is 0.340 e. The van der Waals surface area contributed by atoms with E-state index in [2.05, 4.69) is 9.98 Å². The van der Waals surface area contributed by atoms with Gasteiger partial charge in [-0.1, -0.05) is 0 Å². The molecule has 128 valence electrons. The highest BCUT2D eigenvalue weighted by molar-refractivity contribution is 6.18. The predicted molar refractivity (Wildman–Crippen MR) is 85.2 cm³/mol. The van der Waals surface area contributed by atoms with Gasteiger partial charge in [0.1, 0.15) is 6.07 Å². The molecule has 1 unspecified atom stereocenters. The molecule has 1 heterocycles. The van der Waals surface area contributed by atoms with E-state index in [9.17, 15) is 24.6 Å². The summed E-state index contributed by atoms with van der Waals surface area (Å²) in [7, 11) is 0. The highest BCUT2D eigenvalue weighted by Crippen LogP contribution is 2.34. The van der Waals surface area contributed by atoms with Crippen LogP contribution >= 0.6 is 0 Å². The van der Waals surface area contributed by atoms with Crippen molar-refractivity contribution < 1.29 is 29.3 Å². The molecule has 1 aromatic rings. The van der Waals surface area contributed by atoms with E-state index in [1.807, 2.05) is 0 Å². The minimum Gasteiger partial charge on any atom is -0.478 e. The van der Waals surface area contributed by atoms with E-state index in [-0.39, 0.29) is 11.1 Å². The predicted octanol–water partition coefficient (Wildman–Crippen LogP) is 1.48. The zero-order valence-electron chi connectivity index (χ0n) is 13.3. The minimum absolute atomic E-state index is 0.0371. The van der Waals surface area contributed by atoms with Crippen molar-refractivity contribution in [3.8, 4) is 6.07 Å². The Hall–Kier alpha value is -3.54. The van der Waals surface area contributed by atoms with Gasteiger partial charge in [-0.25, -0.2) is 14.4 Å². The molecule has 25 heavy (non-hydrogen) atoms. The van der Waals surface area contributed by atoms with Crippen molar-refractivity contribution in [3.63, 3.8) is 0 Å². The number of carbonyl (C=O) groups is 3. The summed E-state index contributed by atoms with van der Waals surface area (Å²) < 4.78 is 4.91. The number of aliphatic imine (C=N–C) groups is 2. The lowest BCUT2D eigenvalue weighted by molar-refractivity contribution is 0.0423. The number of hydrogen-bond donors (Lipinski definition) is 2. The highest BCUT2D eigenvalue weighted by atomic mass is 16.5. The van der Waals surface area contributed by atoms with Gasteiger partial charge in [0, 0.05) is 18.0 Å². The summed E-state index contributed by atoms with van der Waals surface area (Å²) in [5, 5.41) is 27.4. The summed E-state index contributed by atoms with van der Waals surface area (Å²) in [4.78, 5) is 43.5. The van der Waals surface area contributed by atoms with Gasteiger partial charge in [0.15, 0.2) is 11.8 Å². The van der Waals surface area contributed by atoms with E-state index in [0.717, 1.165) is 12.1 Å². The van der Waals surface area contributed by atoms with Crippen LogP contribution in [0.15, 0.2) is 22.1 Å². The van der Waals surface area contributed by atoms with Crippen LogP contribution in [0.3, 0.4) is 0 Å². The molecular weight excluding hydrogens is 330 g/mol. The van der Waals surface area contributed by atoms with Gasteiger partial charge in [0.25, 0.3) is 0 Å². The van der Waals surface area contributed by atoms with Crippen LogP contribution in [0.25, 0.3) is 0 Å². The molecule has 0 fully saturated rings.